The maximum atomic E-state index is 12.3. The quantitative estimate of drug-likeness (QED) is 0.802. The van der Waals surface area contributed by atoms with Crippen LogP contribution in [0.25, 0.3) is 0 Å². The normalized spacial score (nSPS) is 20.8. The molecule has 1 heterocycles. The van der Waals surface area contributed by atoms with Crippen LogP contribution in [0.4, 0.5) is 5.69 Å². The number of nitrogens with zero attached hydrogens (tertiary/aromatic N) is 1. The molecule has 2 rings (SSSR count). The third-order valence-electron chi connectivity index (χ3n) is 3.52. The van der Waals surface area contributed by atoms with Gasteiger partial charge in [-0.3, -0.25) is 0 Å². The molecule has 19 heavy (non-hydrogen) atoms. The number of anilines is 1. The van der Waals surface area contributed by atoms with Gasteiger partial charge in [-0.25, -0.2) is 13.1 Å². The van der Waals surface area contributed by atoms with Gasteiger partial charge >= 0.3 is 0 Å². The van der Waals surface area contributed by atoms with Crippen LogP contribution in [0, 0.1) is 0 Å². The van der Waals surface area contributed by atoms with Gasteiger partial charge in [-0.15, -0.1) is 0 Å². The molecule has 1 unspecified atom stereocenters. The third kappa shape index (κ3) is 3.26. The van der Waals surface area contributed by atoms with Gasteiger partial charge in [0.25, 0.3) is 0 Å². The first-order chi connectivity index (χ1) is 8.92. The van der Waals surface area contributed by atoms with E-state index in [0.717, 1.165) is 31.5 Å². The zero-order valence-corrected chi connectivity index (χ0v) is 12.2. The molecule has 0 spiro atoms. The molecule has 1 aliphatic rings. The number of hydrogen-bond acceptors (Lipinski definition) is 4. The van der Waals surface area contributed by atoms with Gasteiger partial charge in [-0.1, -0.05) is 13.0 Å². The highest BCUT2D eigenvalue weighted by molar-refractivity contribution is 7.89. The summed E-state index contributed by atoms with van der Waals surface area (Å²) in [6.45, 7) is 3.67. The van der Waals surface area contributed by atoms with Gasteiger partial charge in [-0.05, 0) is 44.1 Å². The van der Waals surface area contributed by atoms with E-state index in [9.17, 15) is 8.42 Å². The number of aryl methyl sites for hydroxylation is 1. The van der Waals surface area contributed by atoms with Crippen molar-refractivity contribution in [1.29, 1.82) is 0 Å². The average molecular weight is 283 g/mol. The van der Waals surface area contributed by atoms with Crippen molar-refractivity contribution in [3.63, 3.8) is 0 Å². The number of rotatable bonds is 4. The number of sulfonamides is 1. The molecule has 3 N–H and O–H groups in total. The lowest BCUT2D eigenvalue weighted by Crippen LogP contribution is -2.36. The smallest absolute Gasteiger partial charge is 0.240 e. The van der Waals surface area contributed by atoms with Crippen LogP contribution >= 0.6 is 0 Å². The van der Waals surface area contributed by atoms with Gasteiger partial charge in [0.1, 0.15) is 0 Å². The SMILES string of the molecule is CCc1ccc(S(=O)(=O)NC2CCN(C)C2)cc1N. The van der Waals surface area contributed by atoms with Gasteiger partial charge in [0.15, 0.2) is 0 Å². The van der Waals surface area contributed by atoms with E-state index in [0.29, 0.717) is 5.69 Å². The van der Waals surface area contributed by atoms with Crippen molar-refractivity contribution in [3.05, 3.63) is 23.8 Å². The Balaban J connectivity index is 2.17. The minimum Gasteiger partial charge on any atom is -0.398 e. The lowest BCUT2D eigenvalue weighted by molar-refractivity contribution is 0.407. The number of benzene rings is 1. The summed E-state index contributed by atoms with van der Waals surface area (Å²) in [6.07, 6.45) is 1.64. The van der Waals surface area contributed by atoms with E-state index in [4.69, 9.17) is 5.73 Å². The molecule has 1 saturated heterocycles. The molecule has 1 fully saturated rings. The van der Waals surface area contributed by atoms with Crippen molar-refractivity contribution in [2.24, 2.45) is 0 Å². The number of nitrogens with two attached hydrogens (primary N) is 1. The molecule has 106 valence electrons. The molecule has 5 nitrogen and oxygen atoms in total. The third-order valence-corrected chi connectivity index (χ3v) is 5.04. The summed E-state index contributed by atoms with van der Waals surface area (Å²) < 4.78 is 27.3. The minimum atomic E-state index is -3.47. The van der Waals surface area contributed by atoms with Gasteiger partial charge < -0.3 is 10.6 Å². The van der Waals surface area contributed by atoms with Crippen LogP contribution in [-0.4, -0.2) is 39.5 Å². The molecule has 0 radical (unpaired) electrons. The van der Waals surface area contributed by atoms with Crippen LogP contribution < -0.4 is 10.5 Å². The molecular weight excluding hydrogens is 262 g/mol. The van der Waals surface area contributed by atoms with Crippen LogP contribution in [0.3, 0.4) is 0 Å². The fraction of sp³-hybridized carbons (Fsp3) is 0.538. The highest BCUT2D eigenvalue weighted by Crippen LogP contribution is 2.19. The molecule has 0 aromatic heterocycles. The van der Waals surface area contributed by atoms with Crippen molar-refractivity contribution in [1.82, 2.24) is 9.62 Å². The highest BCUT2D eigenvalue weighted by Gasteiger charge is 2.25. The number of hydrogen-bond donors (Lipinski definition) is 2. The standard InChI is InChI=1S/C13H21N3O2S/c1-3-10-4-5-12(8-13(10)14)19(17,18)15-11-6-7-16(2)9-11/h4-5,8,11,15H,3,6-7,9,14H2,1-2H3. The average Bonchev–Trinajstić information content (AvgIpc) is 2.73. The molecule has 1 atom stereocenters. The first kappa shape index (κ1) is 14.3. The summed E-state index contributed by atoms with van der Waals surface area (Å²) in [5, 5.41) is 0. The number of nitrogens with one attached hydrogen (secondary N) is 1. The monoisotopic (exact) mass is 283 g/mol. The van der Waals surface area contributed by atoms with Crippen LogP contribution in [0.2, 0.25) is 0 Å². The summed E-state index contributed by atoms with van der Waals surface area (Å²) in [5.74, 6) is 0. The molecule has 0 saturated carbocycles. The van der Waals surface area contributed by atoms with E-state index in [1.165, 1.54) is 0 Å². The van der Waals surface area contributed by atoms with Gasteiger partial charge in [0.2, 0.25) is 10.0 Å². The molecule has 0 bridgehead atoms. The lowest BCUT2D eigenvalue weighted by Gasteiger charge is -2.14. The van der Waals surface area contributed by atoms with Crippen molar-refractivity contribution in [2.45, 2.75) is 30.7 Å². The van der Waals surface area contributed by atoms with E-state index in [-0.39, 0.29) is 10.9 Å². The summed E-state index contributed by atoms with van der Waals surface area (Å²) in [4.78, 5) is 2.36. The highest BCUT2D eigenvalue weighted by atomic mass is 32.2. The summed E-state index contributed by atoms with van der Waals surface area (Å²) >= 11 is 0. The van der Waals surface area contributed by atoms with E-state index < -0.39 is 10.0 Å². The minimum absolute atomic E-state index is 0.0120. The Morgan fingerprint density at radius 3 is 2.74 bits per heavy atom. The predicted molar refractivity (Wildman–Crippen MR) is 76.5 cm³/mol. The Morgan fingerprint density at radius 2 is 2.21 bits per heavy atom. The van der Waals surface area contributed by atoms with Crippen LogP contribution in [0.15, 0.2) is 23.1 Å². The summed E-state index contributed by atoms with van der Waals surface area (Å²) in [6, 6.07) is 4.93. The zero-order valence-electron chi connectivity index (χ0n) is 11.4. The summed E-state index contributed by atoms with van der Waals surface area (Å²) in [7, 11) is -1.48. The lowest BCUT2D eigenvalue weighted by atomic mass is 10.1. The van der Waals surface area contributed by atoms with Crippen LogP contribution in [-0.2, 0) is 16.4 Å². The van der Waals surface area contributed by atoms with E-state index in [2.05, 4.69) is 9.62 Å². The first-order valence-electron chi connectivity index (χ1n) is 6.51. The topological polar surface area (TPSA) is 75.4 Å². The molecule has 1 aromatic carbocycles. The van der Waals surface area contributed by atoms with Crippen molar-refractivity contribution in [3.8, 4) is 0 Å². The van der Waals surface area contributed by atoms with Crippen LogP contribution in [0.5, 0.6) is 0 Å². The Hall–Kier alpha value is -1.11. The fourth-order valence-electron chi connectivity index (χ4n) is 2.38. The van der Waals surface area contributed by atoms with Crippen molar-refractivity contribution >= 4 is 15.7 Å². The summed E-state index contributed by atoms with van der Waals surface area (Å²) in [5.41, 5.74) is 7.37. The molecular formula is C13H21N3O2S. The largest absolute Gasteiger partial charge is 0.398 e. The number of likely N-dealkylation sites (N-methyl/N-ethyl adjacent to an activating group) is 1. The Morgan fingerprint density at radius 1 is 1.47 bits per heavy atom. The number of likely N-dealkylation sites (tertiary alicyclic amines) is 1. The van der Waals surface area contributed by atoms with Crippen LogP contribution in [0.1, 0.15) is 18.9 Å². The van der Waals surface area contributed by atoms with E-state index in [1.54, 1.807) is 18.2 Å². The maximum absolute atomic E-state index is 12.3. The molecule has 0 amide bonds. The van der Waals surface area contributed by atoms with E-state index >= 15 is 0 Å². The van der Waals surface area contributed by atoms with Gasteiger partial charge in [0.05, 0.1) is 4.90 Å². The maximum Gasteiger partial charge on any atom is 0.240 e. The Labute approximate surface area is 114 Å². The fourth-order valence-corrected chi connectivity index (χ4v) is 3.68. The second kappa shape index (κ2) is 5.48. The van der Waals surface area contributed by atoms with Crippen molar-refractivity contribution < 1.29 is 8.42 Å². The second-order valence-electron chi connectivity index (χ2n) is 5.08. The van der Waals surface area contributed by atoms with Gasteiger partial charge in [-0.2, -0.15) is 0 Å². The molecule has 1 aliphatic heterocycles. The molecule has 6 heteroatoms. The Bertz CT molecular complexity index is 557. The van der Waals surface area contributed by atoms with Crippen molar-refractivity contribution in [2.75, 3.05) is 25.9 Å². The first-order valence-corrected chi connectivity index (χ1v) is 8.00. The molecule has 1 aromatic rings. The molecule has 0 aliphatic carbocycles. The van der Waals surface area contributed by atoms with Gasteiger partial charge in [0, 0.05) is 18.3 Å². The number of nitrogen functional groups attached to an aromatic ring is 1. The predicted octanol–water partition coefficient (Wildman–Crippen LogP) is 0.814. The Kier molecular flexibility index (Phi) is 4.13. The van der Waals surface area contributed by atoms with E-state index in [1.807, 2.05) is 14.0 Å². The zero-order chi connectivity index (χ0) is 14.0. The second-order valence-corrected chi connectivity index (χ2v) is 6.80.